The number of nitrogens with two attached hydrogens (primary N) is 1. The number of amides is 2. The molecule has 0 fully saturated rings. The number of hydrogen-bond donors (Lipinski definition) is 2. The topological polar surface area (TPSA) is 95.2 Å². The summed E-state index contributed by atoms with van der Waals surface area (Å²) < 4.78 is 17.7. The Labute approximate surface area is 192 Å². The van der Waals surface area contributed by atoms with Gasteiger partial charge in [-0.15, -0.1) is 0 Å². The average Bonchev–Trinajstić information content (AvgIpc) is 2.75. The number of ether oxygens (including phenoxy) is 3. The van der Waals surface area contributed by atoms with Crippen molar-refractivity contribution in [3.8, 4) is 17.2 Å². The second-order valence-electron chi connectivity index (χ2n) is 6.92. The maximum atomic E-state index is 10.7. The number of nitrogens with one attached hydrogen (secondary N) is 1. The Morgan fingerprint density at radius 3 is 2.55 bits per heavy atom. The molecule has 0 saturated carbocycles. The fourth-order valence-electron chi connectivity index (χ4n) is 2.94. The van der Waals surface area contributed by atoms with Crippen LogP contribution in [0.15, 0.2) is 46.0 Å². The second kappa shape index (κ2) is 13.5. The molecule has 2 aromatic carbocycles. The van der Waals surface area contributed by atoms with Gasteiger partial charge in [0.15, 0.2) is 11.5 Å². The van der Waals surface area contributed by atoms with E-state index in [0.717, 1.165) is 12.2 Å². The van der Waals surface area contributed by atoms with Gasteiger partial charge in [-0.3, -0.25) is 0 Å². The molecule has 0 aliphatic heterocycles. The van der Waals surface area contributed by atoms with E-state index in [1.54, 1.807) is 19.2 Å². The standard InChI is InChI=1S/C23H30BrN3O4/c1-3-4-5-6-7-17-8-10-19(11-9-17)30-12-13-31-22-20(24)14-18(15-21(22)29-2)16-26-27-23(25)28/h8-11,14-16H,3-7,12-13H2,1-2H3,(H3,25,27,28)/b26-16+. The predicted molar refractivity (Wildman–Crippen MR) is 126 cm³/mol. The van der Waals surface area contributed by atoms with Crippen molar-refractivity contribution in [3.63, 3.8) is 0 Å². The number of carbonyl (C=O) groups is 1. The number of benzene rings is 2. The molecule has 0 aliphatic carbocycles. The van der Waals surface area contributed by atoms with Gasteiger partial charge in [0.1, 0.15) is 19.0 Å². The zero-order valence-corrected chi connectivity index (χ0v) is 19.6. The van der Waals surface area contributed by atoms with Crippen molar-refractivity contribution in [2.75, 3.05) is 20.3 Å². The Balaban J connectivity index is 1.83. The van der Waals surface area contributed by atoms with Gasteiger partial charge in [-0.2, -0.15) is 5.10 Å². The summed E-state index contributed by atoms with van der Waals surface area (Å²) in [5, 5.41) is 3.74. The molecule has 7 nitrogen and oxygen atoms in total. The number of carbonyl (C=O) groups excluding carboxylic acids is 1. The minimum atomic E-state index is -0.733. The molecule has 0 heterocycles. The van der Waals surface area contributed by atoms with Crippen molar-refractivity contribution in [1.29, 1.82) is 0 Å². The summed E-state index contributed by atoms with van der Waals surface area (Å²) in [6.45, 7) is 2.97. The number of aryl methyl sites for hydroxylation is 1. The predicted octanol–water partition coefficient (Wildman–Crippen LogP) is 5.04. The number of urea groups is 1. The first kappa shape index (κ1) is 24.5. The Morgan fingerprint density at radius 1 is 1.13 bits per heavy atom. The molecule has 0 atom stereocenters. The van der Waals surface area contributed by atoms with Crippen LogP contribution in [0.3, 0.4) is 0 Å². The van der Waals surface area contributed by atoms with E-state index in [0.29, 0.717) is 34.7 Å². The van der Waals surface area contributed by atoms with E-state index in [1.165, 1.54) is 37.5 Å². The van der Waals surface area contributed by atoms with Crippen LogP contribution in [0.5, 0.6) is 17.2 Å². The molecule has 0 aliphatic rings. The summed E-state index contributed by atoms with van der Waals surface area (Å²) in [6.07, 6.45) is 7.62. The molecular weight excluding hydrogens is 462 g/mol. The molecule has 2 aromatic rings. The Kier molecular flexibility index (Phi) is 10.7. The Morgan fingerprint density at radius 2 is 1.87 bits per heavy atom. The third-order valence-corrected chi connectivity index (χ3v) is 5.07. The van der Waals surface area contributed by atoms with Gasteiger partial charge in [0, 0.05) is 0 Å². The Hall–Kier alpha value is -2.74. The van der Waals surface area contributed by atoms with Crippen molar-refractivity contribution in [1.82, 2.24) is 5.43 Å². The van der Waals surface area contributed by atoms with Crippen LogP contribution in [0.4, 0.5) is 4.79 Å². The number of unbranched alkanes of at least 4 members (excludes halogenated alkanes) is 3. The monoisotopic (exact) mass is 491 g/mol. The molecule has 0 bridgehead atoms. The minimum Gasteiger partial charge on any atom is -0.493 e. The molecular formula is C23H30BrN3O4. The summed E-state index contributed by atoms with van der Waals surface area (Å²) in [5.74, 6) is 1.91. The largest absolute Gasteiger partial charge is 0.493 e. The van der Waals surface area contributed by atoms with Crippen LogP contribution in [0.2, 0.25) is 0 Å². The molecule has 0 saturated heterocycles. The number of primary amides is 1. The SMILES string of the molecule is CCCCCCc1ccc(OCCOc2c(Br)cc(/C=N/NC(N)=O)cc2OC)cc1. The molecule has 3 N–H and O–H groups in total. The van der Waals surface area contributed by atoms with Gasteiger partial charge in [-0.05, 0) is 64.2 Å². The molecule has 0 unspecified atom stereocenters. The summed E-state index contributed by atoms with van der Waals surface area (Å²) in [7, 11) is 1.55. The van der Waals surface area contributed by atoms with Crippen LogP contribution >= 0.6 is 15.9 Å². The van der Waals surface area contributed by atoms with Crippen molar-refractivity contribution in [2.45, 2.75) is 39.0 Å². The summed E-state index contributed by atoms with van der Waals surface area (Å²) in [5.41, 5.74) is 9.17. The van der Waals surface area contributed by atoms with E-state index < -0.39 is 6.03 Å². The van der Waals surface area contributed by atoms with Gasteiger partial charge in [-0.1, -0.05) is 38.3 Å². The molecule has 2 amide bonds. The zero-order chi connectivity index (χ0) is 22.5. The third-order valence-electron chi connectivity index (χ3n) is 4.48. The quantitative estimate of drug-likeness (QED) is 0.233. The van der Waals surface area contributed by atoms with Crippen LogP contribution in [-0.4, -0.2) is 32.6 Å². The fourth-order valence-corrected chi connectivity index (χ4v) is 3.51. The summed E-state index contributed by atoms with van der Waals surface area (Å²) in [4.78, 5) is 10.7. The van der Waals surface area contributed by atoms with E-state index in [1.807, 2.05) is 12.1 Å². The van der Waals surface area contributed by atoms with E-state index in [4.69, 9.17) is 19.9 Å². The summed E-state index contributed by atoms with van der Waals surface area (Å²) in [6, 6.07) is 11.0. The maximum Gasteiger partial charge on any atom is 0.332 e. The van der Waals surface area contributed by atoms with Crippen molar-refractivity contribution < 1.29 is 19.0 Å². The first-order chi connectivity index (χ1) is 15.0. The number of hydrazone groups is 1. The molecule has 8 heteroatoms. The third kappa shape index (κ3) is 8.88. The number of nitrogens with zero attached hydrogens (tertiary/aromatic N) is 1. The zero-order valence-electron chi connectivity index (χ0n) is 18.0. The maximum absolute atomic E-state index is 10.7. The molecule has 0 spiro atoms. The van der Waals surface area contributed by atoms with Crippen LogP contribution in [0, 0.1) is 0 Å². The first-order valence-corrected chi connectivity index (χ1v) is 11.1. The first-order valence-electron chi connectivity index (χ1n) is 10.3. The minimum absolute atomic E-state index is 0.352. The van der Waals surface area contributed by atoms with E-state index >= 15 is 0 Å². The smallest absolute Gasteiger partial charge is 0.332 e. The highest BCUT2D eigenvalue weighted by atomic mass is 79.9. The number of hydrogen-bond acceptors (Lipinski definition) is 5. The molecule has 168 valence electrons. The average molecular weight is 492 g/mol. The molecule has 2 rings (SSSR count). The number of halogens is 1. The van der Waals surface area contributed by atoms with Crippen LogP contribution in [0.1, 0.15) is 43.7 Å². The van der Waals surface area contributed by atoms with Crippen LogP contribution < -0.4 is 25.4 Å². The Bertz CT molecular complexity index is 857. The molecule has 0 aromatic heterocycles. The molecule has 0 radical (unpaired) electrons. The number of methoxy groups -OCH3 is 1. The van der Waals surface area contributed by atoms with Gasteiger partial charge in [-0.25, -0.2) is 10.2 Å². The van der Waals surface area contributed by atoms with Crippen LogP contribution in [-0.2, 0) is 6.42 Å². The van der Waals surface area contributed by atoms with Gasteiger partial charge in [0.25, 0.3) is 0 Å². The van der Waals surface area contributed by atoms with Crippen molar-refractivity contribution in [3.05, 3.63) is 52.0 Å². The highest BCUT2D eigenvalue weighted by Crippen LogP contribution is 2.36. The van der Waals surface area contributed by atoms with Gasteiger partial charge in [0.05, 0.1) is 17.8 Å². The normalized spacial score (nSPS) is 10.8. The van der Waals surface area contributed by atoms with E-state index in [9.17, 15) is 4.79 Å². The fraction of sp³-hybridized carbons (Fsp3) is 0.391. The van der Waals surface area contributed by atoms with E-state index in [2.05, 4.69) is 45.5 Å². The number of rotatable bonds is 13. The van der Waals surface area contributed by atoms with Crippen molar-refractivity contribution >= 4 is 28.2 Å². The highest BCUT2D eigenvalue weighted by molar-refractivity contribution is 9.10. The lowest BCUT2D eigenvalue weighted by molar-refractivity contribution is 0.210. The highest BCUT2D eigenvalue weighted by Gasteiger charge is 2.11. The van der Waals surface area contributed by atoms with Gasteiger partial charge >= 0.3 is 6.03 Å². The second-order valence-corrected chi connectivity index (χ2v) is 7.77. The summed E-state index contributed by atoms with van der Waals surface area (Å²) >= 11 is 3.48. The van der Waals surface area contributed by atoms with Crippen LogP contribution in [0.25, 0.3) is 0 Å². The lowest BCUT2D eigenvalue weighted by Crippen LogP contribution is -2.24. The van der Waals surface area contributed by atoms with Gasteiger partial charge < -0.3 is 19.9 Å². The lowest BCUT2D eigenvalue weighted by Gasteiger charge is -2.14. The van der Waals surface area contributed by atoms with E-state index in [-0.39, 0.29) is 0 Å². The van der Waals surface area contributed by atoms with Gasteiger partial charge in [0.2, 0.25) is 0 Å². The lowest BCUT2D eigenvalue weighted by atomic mass is 10.1. The van der Waals surface area contributed by atoms with Crippen molar-refractivity contribution in [2.24, 2.45) is 10.8 Å². The molecule has 31 heavy (non-hydrogen) atoms.